The van der Waals surface area contributed by atoms with Gasteiger partial charge in [-0.3, -0.25) is 0 Å². The average Bonchev–Trinajstić information content (AvgIpc) is 2.39. The number of nitrogens with one attached hydrogen (secondary N) is 1. The molecule has 2 aromatic carbocycles. The number of benzene rings is 2. The van der Waals surface area contributed by atoms with Gasteiger partial charge < -0.3 is 5.32 Å². The second-order valence-electron chi connectivity index (χ2n) is 6.04. The highest BCUT2D eigenvalue weighted by molar-refractivity contribution is 6.88. The SMILES string of the molecule is C[Si](C)(C)c1ccc(CNCc2ccccc2)cc1. The zero-order chi connectivity index (χ0) is 13.7. The van der Waals surface area contributed by atoms with Crippen LogP contribution in [0.3, 0.4) is 0 Å². The van der Waals surface area contributed by atoms with Crippen molar-refractivity contribution in [3.63, 3.8) is 0 Å². The summed E-state index contributed by atoms with van der Waals surface area (Å²) >= 11 is 0. The smallest absolute Gasteiger partial charge is 0.0775 e. The molecule has 0 aliphatic carbocycles. The van der Waals surface area contributed by atoms with Crippen LogP contribution in [0.15, 0.2) is 54.6 Å². The summed E-state index contributed by atoms with van der Waals surface area (Å²) in [5.41, 5.74) is 2.69. The first-order valence-electron chi connectivity index (χ1n) is 6.90. The lowest BCUT2D eigenvalue weighted by Crippen LogP contribution is -2.37. The zero-order valence-electron chi connectivity index (χ0n) is 12.1. The van der Waals surface area contributed by atoms with E-state index in [1.165, 1.54) is 16.3 Å². The summed E-state index contributed by atoms with van der Waals surface area (Å²) in [4.78, 5) is 0. The Morgan fingerprint density at radius 1 is 0.737 bits per heavy atom. The Morgan fingerprint density at radius 2 is 1.26 bits per heavy atom. The van der Waals surface area contributed by atoms with Crippen LogP contribution in [0, 0.1) is 0 Å². The summed E-state index contributed by atoms with van der Waals surface area (Å²) in [5, 5.41) is 5.01. The van der Waals surface area contributed by atoms with Gasteiger partial charge in [-0.05, 0) is 11.1 Å². The minimum atomic E-state index is -1.16. The van der Waals surface area contributed by atoms with Crippen molar-refractivity contribution < 1.29 is 0 Å². The fourth-order valence-electron chi connectivity index (χ4n) is 2.07. The van der Waals surface area contributed by atoms with E-state index in [4.69, 9.17) is 0 Å². The van der Waals surface area contributed by atoms with Gasteiger partial charge in [-0.2, -0.15) is 0 Å². The predicted octanol–water partition coefficient (Wildman–Crippen LogP) is 3.52. The zero-order valence-corrected chi connectivity index (χ0v) is 13.1. The molecule has 0 aromatic heterocycles. The van der Waals surface area contributed by atoms with Gasteiger partial charge in [-0.25, -0.2) is 0 Å². The van der Waals surface area contributed by atoms with Crippen LogP contribution in [0.25, 0.3) is 0 Å². The third-order valence-corrected chi connectivity index (χ3v) is 5.39. The molecule has 0 fully saturated rings. The minimum absolute atomic E-state index is 0.927. The van der Waals surface area contributed by atoms with E-state index in [1.807, 2.05) is 0 Å². The van der Waals surface area contributed by atoms with Crippen molar-refractivity contribution in [2.45, 2.75) is 32.7 Å². The Hall–Kier alpha value is -1.38. The predicted molar refractivity (Wildman–Crippen MR) is 86.4 cm³/mol. The van der Waals surface area contributed by atoms with Gasteiger partial charge in [0, 0.05) is 13.1 Å². The highest BCUT2D eigenvalue weighted by Gasteiger charge is 2.15. The van der Waals surface area contributed by atoms with Crippen LogP contribution in [-0.4, -0.2) is 8.07 Å². The second-order valence-corrected chi connectivity index (χ2v) is 11.1. The largest absolute Gasteiger partial charge is 0.309 e. The molecule has 0 unspecified atom stereocenters. The molecule has 0 saturated heterocycles. The number of hydrogen-bond acceptors (Lipinski definition) is 1. The van der Waals surface area contributed by atoms with E-state index >= 15 is 0 Å². The molecule has 100 valence electrons. The van der Waals surface area contributed by atoms with Gasteiger partial charge >= 0.3 is 0 Å². The molecule has 2 rings (SSSR count). The lowest BCUT2D eigenvalue weighted by Gasteiger charge is -2.16. The Morgan fingerprint density at radius 3 is 1.79 bits per heavy atom. The Bertz CT molecular complexity index is 497. The van der Waals surface area contributed by atoms with Crippen LogP contribution in [-0.2, 0) is 13.1 Å². The van der Waals surface area contributed by atoms with Gasteiger partial charge in [0.2, 0.25) is 0 Å². The molecule has 1 nitrogen and oxygen atoms in total. The van der Waals surface area contributed by atoms with Crippen molar-refractivity contribution in [3.8, 4) is 0 Å². The van der Waals surface area contributed by atoms with E-state index in [9.17, 15) is 0 Å². The third-order valence-electron chi connectivity index (χ3n) is 3.32. The Labute approximate surface area is 117 Å². The van der Waals surface area contributed by atoms with Gasteiger partial charge in [-0.15, -0.1) is 0 Å². The first-order valence-corrected chi connectivity index (χ1v) is 10.4. The van der Waals surface area contributed by atoms with E-state index in [0.717, 1.165) is 13.1 Å². The van der Waals surface area contributed by atoms with Gasteiger partial charge in [-0.1, -0.05) is 79.4 Å². The molecule has 0 bridgehead atoms. The lowest BCUT2D eigenvalue weighted by atomic mass is 10.2. The van der Waals surface area contributed by atoms with E-state index in [-0.39, 0.29) is 0 Å². The molecule has 19 heavy (non-hydrogen) atoms. The van der Waals surface area contributed by atoms with Gasteiger partial charge in [0.1, 0.15) is 0 Å². The molecule has 2 heteroatoms. The molecule has 0 heterocycles. The third kappa shape index (κ3) is 4.34. The average molecular weight is 269 g/mol. The van der Waals surface area contributed by atoms with Crippen LogP contribution in [0.4, 0.5) is 0 Å². The van der Waals surface area contributed by atoms with Crippen molar-refractivity contribution in [3.05, 3.63) is 65.7 Å². The highest BCUT2D eigenvalue weighted by atomic mass is 28.3. The molecule has 1 N–H and O–H groups in total. The number of hydrogen-bond donors (Lipinski definition) is 1. The quantitative estimate of drug-likeness (QED) is 0.819. The van der Waals surface area contributed by atoms with E-state index in [0.29, 0.717) is 0 Å². The molecule has 0 radical (unpaired) electrons. The van der Waals surface area contributed by atoms with Crippen molar-refractivity contribution in [1.82, 2.24) is 5.32 Å². The van der Waals surface area contributed by atoms with Gasteiger partial charge in [0.05, 0.1) is 8.07 Å². The molecule has 0 atom stereocenters. The fourth-order valence-corrected chi connectivity index (χ4v) is 3.24. The van der Waals surface area contributed by atoms with Gasteiger partial charge in [0.25, 0.3) is 0 Å². The fraction of sp³-hybridized carbons (Fsp3) is 0.294. The molecule has 0 amide bonds. The van der Waals surface area contributed by atoms with Gasteiger partial charge in [0.15, 0.2) is 0 Å². The standard InChI is InChI=1S/C17H23NSi/c1-19(2,3)17-11-9-16(10-12-17)14-18-13-15-7-5-4-6-8-15/h4-12,18H,13-14H2,1-3H3. The second kappa shape index (κ2) is 6.18. The van der Waals surface area contributed by atoms with Crippen molar-refractivity contribution in [2.24, 2.45) is 0 Å². The van der Waals surface area contributed by atoms with Crippen LogP contribution < -0.4 is 10.5 Å². The molecule has 2 aromatic rings. The first-order chi connectivity index (χ1) is 9.05. The van der Waals surface area contributed by atoms with Crippen molar-refractivity contribution in [1.29, 1.82) is 0 Å². The molecule has 0 saturated carbocycles. The first kappa shape index (κ1) is 14.0. The van der Waals surface area contributed by atoms with E-state index in [2.05, 4.69) is 79.6 Å². The van der Waals surface area contributed by atoms with Crippen LogP contribution in [0.1, 0.15) is 11.1 Å². The lowest BCUT2D eigenvalue weighted by molar-refractivity contribution is 0.693. The van der Waals surface area contributed by atoms with E-state index in [1.54, 1.807) is 0 Å². The molecular formula is C17H23NSi. The molecular weight excluding hydrogens is 246 g/mol. The monoisotopic (exact) mass is 269 g/mol. The van der Waals surface area contributed by atoms with Crippen molar-refractivity contribution >= 4 is 13.3 Å². The Balaban J connectivity index is 1.87. The summed E-state index contributed by atoms with van der Waals surface area (Å²) in [6.07, 6.45) is 0. The summed E-state index contributed by atoms with van der Waals surface area (Å²) < 4.78 is 0. The topological polar surface area (TPSA) is 12.0 Å². The summed E-state index contributed by atoms with van der Waals surface area (Å²) in [5.74, 6) is 0. The Kier molecular flexibility index (Phi) is 4.56. The maximum atomic E-state index is 3.49. The molecule has 0 spiro atoms. The van der Waals surface area contributed by atoms with Crippen LogP contribution >= 0.6 is 0 Å². The van der Waals surface area contributed by atoms with E-state index < -0.39 is 8.07 Å². The summed E-state index contributed by atoms with van der Waals surface area (Å²) in [7, 11) is -1.16. The van der Waals surface area contributed by atoms with Crippen LogP contribution in [0.2, 0.25) is 19.6 Å². The normalized spacial score (nSPS) is 11.5. The summed E-state index contributed by atoms with van der Waals surface area (Å²) in [6.45, 7) is 9.01. The molecule has 0 aliphatic rings. The summed E-state index contributed by atoms with van der Waals surface area (Å²) in [6, 6.07) is 19.6. The maximum Gasteiger partial charge on any atom is 0.0775 e. The van der Waals surface area contributed by atoms with Crippen LogP contribution in [0.5, 0.6) is 0 Å². The van der Waals surface area contributed by atoms with Crippen molar-refractivity contribution in [2.75, 3.05) is 0 Å². The highest BCUT2D eigenvalue weighted by Crippen LogP contribution is 2.05. The minimum Gasteiger partial charge on any atom is -0.309 e. The molecule has 0 aliphatic heterocycles. The number of rotatable bonds is 5. The maximum absolute atomic E-state index is 3.49.